The molecule has 3 rings (SSSR count). The van der Waals surface area contributed by atoms with Gasteiger partial charge in [-0.15, -0.1) is 0 Å². The number of benzene rings is 2. The predicted molar refractivity (Wildman–Crippen MR) is 74.6 cm³/mol. The van der Waals surface area contributed by atoms with Crippen LogP contribution in [0.25, 0.3) is 0 Å². The van der Waals surface area contributed by atoms with Crippen LogP contribution in [0.5, 0.6) is 0 Å². The minimum absolute atomic E-state index is 0.116. The number of nitrogens with zero attached hydrogens (tertiary/aromatic N) is 2. The van der Waals surface area contributed by atoms with Crippen LogP contribution in [0.2, 0.25) is 5.02 Å². The van der Waals surface area contributed by atoms with E-state index in [1.54, 1.807) is 12.1 Å². The molecule has 1 heterocycles. The Balaban J connectivity index is 1.77. The second kappa shape index (κ2) is 4.55. The normalized spacial score (nSPS) is 17.3. The van der Waals surface area contributed by atoms with Gasteiger partial charge >= 0.3 is 0 Å². The van der Waals surface area contributed by atoms with Gasteiger partial charge in [-0.3, -0.25) is 10.1 Å². The van der Waals surface area contributed by atoms with Crippen LogP contribution >= 0.6 is 11.6 Å². The summed E-state index contributed by atoms with van der Waals surface area (Å²) in [6.45, 7) is 0.915. The van der Waals surface area contributed by atoms with E-state index in [0.717, 1.165) is 17.3 Å². The van der Waals surface area contributed by atoms with Gasteiger partial charge in [-0.05, 0) is 29.8 Å². The largest absolute Gasteiger partial charge is 0.360 e. The molecule has 0 aromatic heterocycles. The number of nitro benzene ring substituents is 1. The summed E-state index contributed by atoms with van der Waals surface area (Å²) in [5.74, 6) is 0. The lowest BCUT2D eigenvalue weighted by atomic mass is 10.1. The maximum atomic E-state index is 10.6. The molecule has 4 nitrogen and oxygen atoms in total. The van der Waals surface area contributed by atoms with E-state index in [1.807, 2.05) is 24.3 Å². The van der Waals surface area contributed by atoms with Crippen molar-refractivity contribution in [3.05, 3.63) is 69.2 Å². The Bertz CT molecular complexity index is 628. The average Bonchev–Trinajstić information content (AvgIpc) is 3.19. The summed E-state index contributed by atoms with van der Waals surface area (Å²) in [7, 11) is 0. The molecule has 19 heavy (non-hydrogen) atoms. The van der Waals surface area contributed by atoms with Crippen molar-refractivity contribution in [2.24, 2.45) is 0 Å². The van der Waals surface area contributed by atoms with Crippen molar-refractivity contribution >= 4 is 23.0 Å². The number of nitro groups is 1. The van der Waals surface area contributed by atoms with E-state index in [9.17, 15) is 10.1 Å². The molecule has 96 valence electrons. The van der Waals surface area contributed by atoms with Crippen LogP contribution in [0.4, 0.5) is 11.4 Å². The summed E-state index contributed by atoms with van der Waals surface area (Å²) in [4.78, 5) is 12.4. The van der Waals surface area contributed by atoms with Gasteiger partial charge in [0.2, 0.25) is 0 Å². The van der Waals surface area contributed by atoms with Crippen LogP contribution in [0.3, 0.4) is 0 Å². The fourth-order valence-electron chi connectivity index (χ4n) is 2.19. The van der Waals surface area contributed by atoms with Crippen LogP contribution < -0.4 is 4.90 Å². The van der Waals surface area contributed by atoms with E-state index in [0.29, 0.717) is 6.04 Å². The zero-order valence-electron chi connectivity index (χ0n) is 9.99. The van der Waals surface area contributed by atoms with E-state index in [-0.39, 0.29) is 10.6 Å². The summed E-state index contributed by atoms with van der Waals surface area (Å²) in [5.41, 5.74) is 2.28. The Kier molecular flexibility index (Phi) is 2.87. The molecule has 2 aromatic carbocycles. The van der Waals surface area contributed by atoms with Crippen molar-refractivity contribution in [3.63, 3.8) is 0 Å². The first-order valence-electron chi connectivity index (χ1n) is 5.92. The molecule has 0 bridgehead atoms. The van der Waals surface area contributed by atoms with Crippen molar-refractivity contribution in [2.75, 3.05) is 11.4 Å². The number of non-ortho nitro benzene ring substituents is 1. The standard InChI is InChI=1S/C14H11ClN2O2/c15-11-3-1-2-10(8-11)14-9-16(14)12-4-6-13(7-5-12)17(18)19/h1-8,14H,9H2. The first-order valence-corrected chi connectivity index (χ1v) is 6.29. The van der Waals surface area contributed by atoms with Crippen molar-refractivity contribution in [1.29, 1.82) is 0 Å². The lowest BCUT2D eigenvalue weighted by Crippen LogP contribution is -1.95. The maximum absolute atomic E-state index is 10.6. The summed E-state index contributed by atoms with van der Waals surface area (Å²) >= 11 is 5.97. The molecular formula is C14H11ClN2O2. The van der Waals surface area contributed by atoms with Crippen molar-refractivity contribution in [1.82, 2.24) is 0 Å². The molecule has 1 atom stereocenters. The predicted octanol–water partition coefficient (Wildman–Crippen LogP) is 3.81. The van der Waals surface area contributed by atoms with E-state index in [1.165, 1.54) is 17.7 Å². The van der Waals surface area contributed by atoms with Crippen LogP contribution in [0, 0.1) is 10.1 Å². The highest BCUT2D eigenvalue weighted by Gasteiger charge is 2.35. The summed E-state index contributed by atoms with van der Waals surface area (Å²) in [6, 6.07) is 14.7. The molecule has 0 spiro atoms. The molecule has 0 radical (unpaired) electrons. The highest BCUT2D eigenvalue weighted by atomic mass is 35.5. The van der Waals surface area contributed by atoms with Crippen LogP contribution in [0.15, 0.2) is 48.5 Å². The van der Waals surface area contributed by atoms with Gasteiger partial charge < -0.3 is 4.90 Å². The molecule has 0 aliphatic carbocycles. The minimum Gasteiger partial charge on any atom is -0.360 e. The number of anilines is 1. The highest BCUT2D eigenvalue weighted by molar-refractivity contribution is 6.30. The highest BCUT2D eigenvalue weighted by Crippen LogP contribution is 2.40. The molecule has 0 saturated carbocycles. The second-order valence-corrected chi connectivity index (χ2v) is 4.93. The van der Waals surface area contributed by atoms with Crippen molar-refractivity contribution in [3.8, 4) is 0 Å². The lowest BCUT2D eigenvalue weighted by Gasteiger charge is -2.05. The van der Waals surface area contributed by atoms with Crippen molar-refractivity contribution < 1.29 is 4.92 Å². The summed E-state index contributed by atoms with van der Waals surface area (Å²) < 4.78 is 0. The second-order valence-electron chi connectivity index (χ2n) is 4.50. The fourth-order valence-corrected chi connectivity index (χ4v) is 2.39. The van der Waals surface area contributed by atoms with Gasteiger partial charge in [0, 0.05) is 29.4 Å². The SMILES string of the molecule is O=[N+]([O-])c1ccc(N2CC2c2cccc(Cl)c2)cc1. The lowest BCUT2D eigenvalue weighted by molar-refractivity contribution is -0.384. The zero-order valence-corrected chi connectivity index (χ0v) is 10.7. The molecule has 0 N–H and O–H groups in total. The van der Waals surface area contributed by atoms with E-state index < -0.39 is 0 Å². The number of hydrogen-bond acceptors (Lipinski definition) is 3. The third kappa shape index (κ3) is 2.39. The topological polar surface area (TPSA) is 46.1 Å². The Hall–Kier alpha value is -2.07. The van der Waals surface area contributed by atoms with Gasteiger partial charge in [-0.1, -0.05) is 23.7 Å². The number of halogens is 1. The quantitative estimate of drug-likeness (QED) is 0.486. The third-order valence-electron chi connectivity index (χ3n) is 3.24. The molecule has 2 aromatic rings. The minimum atomic E-state index is -0.388. The Morgan fingerprint density at radius 3 is 2.58 bits per heavy atom. The Morgan fingerprint density at radius 2 is 1.95 bits per heavy atom. The summed E-state index contributed by atoms with van der Waals surface area (Å²) in [6.07, 6.45) is 0. The first-order chi connectivity index (χ1) is 9.15. The fraction of sp³-hybridized carbons (Fsp3) is 0.143. The molecule has 0 amide bonds. The smallest absolute Gasteiger partial charge is 0.269 e. The van der Waals surface area contributed by atoms with E-state index in [4.69, 9.17) is 11.6 Å². The first kappa shape index (κ1) is 12.0. The average molecular weight is 275 g/mol. The molecule has 1 unspecified atom stereocenters. The van der Waals surface area contributed by atoms with Gasteiger partial charge in [-0.2, -0.15) is 0 Å². The third-order valence-corrected chi connectivity index (χ3v) is 3.47. The van der Waals surface area contributed by atoms with Gasteiger partial charge in [0.25, 0.3) is 5.69 Å². The maximum Gasteiger partial charge on any atom is 0.269 e. The zero-order chi connectivity index (χ0) is 13.4. The molecule has 1 aliphatic rings. The Morgan fingerprint density at radius 1 is 1.21 bits per heavy atom. The van der Waals surface area contributed by atoms with Gasteiger partial charge in [0.1, 0.15) is 0 Å². The Labute approximate surface area is 115 Å². The van der Waals surface area contributed by atoms with Crippen molar-refractivity contribution in [2.45, 2.75) is 6.04 Å². The van der Waals surface area contributed by atoms with Crippen LogP contribution in [-0.2, 0) is 0 Å². The number of rotatable bonds is 3. The number of hydrogen-bond donors (Lipinski definition) is 0. The molecule has 1 fully saturated rings. The molecule has 5 heteroatoms. The van der Waals surface area contributed by atoms with Gasteiger partial charge in [0.15, 0.2) is 0 Å². The van der Waals surface area contributed by atoms with Gasteiger partial charge in [-0.25, -0.2) is 0 Å². The van der Waals surface area contributed by atoms with E-state index >= 15 is 0 Å². The van der Waals surface area contributed by atoms with E-state index in [2.05, 4.69) is 4.90 Å². The van der Waals surface area contributed by atoms with Gasteiger partial charge in [0.05, 0.1) is 11.0 Å². The molecule has 1 aliphatic heterocycles. The van der Waals surface area contributed by atoms with Crippen LogP contribution in [0.1, 0.15) is 11.6 Å². The summed E-state index contributed by atoms with van der Waals surface area (Å²) in [5, 5.41) is 11.3. The van der Waals surface area contributed by atoms with Crippen LogP contribution in [-0.4, -0.2) is 11.5 Å². The monoisotopic (exact) mass is 274 g/mol. The molecule has 1 saturated heterocycles. The molecular weight excluding hydrogens is 264 g/mol.